The van der Waals surface area contributed by atoms with Crippen LogP contribution in [0, 0.1) is 5.92 Å². The molecule has 1 aliphatic rings. The van der Waals surface area contributed by atoms with Gasteiger partial charge in [0.25, 0.3) is 5.91 Å². The number of benzene rings is 3. The minimum atomic E-state index is -1.87. The van der Waals surface area contributed by atoms with Gasteiger partial charge in [-0.25, -0.2) is 0 Å². The van der Waals surface area contributed by atoms with Crippen molar-refractivity contribution in [1.82, 2.24) is 0 Å². The summed E-state index contributed by atoms with van der Waals surface area (Å²) in [5.41, 5.74) is 0.891. The minimum absolute atomic E-state index is 0.249. The molecule has 1 N–H and O–H groups in total. The highest BCUT2D eigenvalue weighted by atomic mass is 16.3. The first-order valence-electron chi connectivity index (χ1n) is 9.80. The molecule has 0 radical (unpaired) electrons. The molecule has 2 atom stereocenters. The summed E-state index contributed by atoms with van der Waals surface area (Å²) >= 11 is 0. The molecular weight excluding hydrogens is 362 g/mol. The van der Waals surface area contributed by atoms with E-state index in [0.29, 0.717) is 29.8 Å². The first-order chi connectivity index (χ1) is 14.0. The van der Waals surface area contributed by atoms with Crippen molar-refractivity contribution in [1.29, 1.82) is 0 Å². The van der Waals surface area contributed by atoms with Gasteiger partial charge in [-0.2, -0.15) is 0 Å². The predicted molar refractivity (Wildman–Crippen MR) is 113 cm³/mol. The third-order valence-corrected chi connectivity index (χ3v) is 5.72. The number of aliphatic hydroxyl groups is 1. The Hall–Kier alpha value is -3.24. The molecule has 0 saturated carbocycles. The molecule has 0 spiro atoms. The number of anilines is 1. The van der Waals surface area contributed by atoms with Gasteiger partial charge in [0, 0.05) is 17.7 Å². The number of ketones is 1. The van der Waals surface area contributed by atoms with Crippen molar-refractivity contribution in [2.75, 3.05) is 11.4 Å². The highest BCUT2D eigenvalue weighted by Crippen LogP contribution is 2.45. The average molecular weight is 385 g/mol. The van der Waals surface area contributed by atoms with E-state index in [-0.39, 0.29) is 5.78 Å². The van der Waals surface area contributed by atoms with E-state index >= 15 is 0 Å². The molecule has 29 heavy (non-hydrogen) atoms. The van der Waals surface area contributed by atoms with E-state index in [2.05, 4.69) is 0 Å². The van der Waals surface area contributed by atoms with Gasteiger partial charge in [-0.05, 0) is 18.1 Å². The number of nitrogens with zero attached hydrogens (tertiary/aromatic N) is 1. The highest BCUT2D eigenvalue weighted by molar-refractivity contribution is 6.11. The molecule has 0 saturated heterocycles. The zero-order chi connectivity index (χ0) is 20.4. The molecule has 4 heteroatoms. The molecule has 3 aromatic rings. The van der Waals surface area contributed by atoms with Crippen molar-refractivity contribution >= 4 is 17.4 Å². The van der Waals surface area contributed by atoms with Gasteiger partial charge in [0.15, 0.2) is 11.4 Å². The van der Waals surface area contributed by atoms with Gasteiger partial charge in [-0.1, -0.05) is 85.8 Å². The van der Waals surface area contributed by atoms with Gasteiger partial charge in [0.05, 0.1) is 11.6 Å². The van der Waals surface area contributed by atoms with Crippen molar-refractivity contribution in [3.05, 3.63) is 102 Å². The van der Waals surface area contributed by atoms with Crippen LogP contribution in [-0.2, 0) is 16.8 Å². The monoisotopic (exact) mass is 385 g/mol. The summed E-state index contributed by atoms with van der Waals surface area (Å²) in [4.78, 5) is 28.1. The van der Waals surface area contributed by atoms with E-state index in [4.69, 9.17) is 0 Å². The van der Waals surface area contributed by atoms with Crippen LogP contribution in [0.5, 0.6) is 0 Å². The Balaban J connectivity index is 1.67. The van der Waals surface area contributed by atoms with Crippen LogP contribution < -0.4 is 4.90 Å². The summed E-state index contributed by atoms with van der Waals surface area (Å²) in [5.74, 6) is -1.59. The van der Waals surface area contributed by atoms with Crippen LogP contribution in [0.3, 0.4) is 0 Å². The first-order valence-corrected chi connectivity index (χ1v) is 9.80. The number of Topliss-reactive ketones (excluding diaryl/α,β-unsaturated/α-hetero) is 1. The number of rotatable bonds is 6. The number of carbonyl (C=O) groups is 2. The molecular formula is C25H23NO3. The van der Waals surface area contributed by atoms with E-state index in [0.717, 1.165) is 5.56 Å². The lowest BCUT2D eigenvalue weighted by atomic mass is 9.79. The second-order valence-corrected chi connectivity index (χ2v) is 7.43. The standard InChI is InChI=1S/C25H23NO3/c1-18(23(27)20-12-6-3-7-13-20)25(29)21-14-8-9-15-22(21)26(24(25)28)17-16-19-10-4-2-5-11-19/h2-15,18,29H,16-17H2,1H3/t18-,25-/m0/s1. The van der Waals surface area contributed by atoms with Crippen molar-refractivity contribution in [2.45, 2.75) is 18.9 Å². The Morgan fingerprint density at radius 1 is 0.931 bits per heavy atom. The molecule has 1 aliphatic heterocycles. The van der Waals surface area contributed by atoms with Gasteiger partial charge in [-0.15, -0.1) is 0 Å². The third kappa shape index (κ3) is 3.26. The molecule has 1 heterocycles. The topological polar surface area (TPSA) is 57.6 Å². The number of fused-ring (bicyclic) bond motifs is 1. The molecule has 4 nitrogen and oxygen atoms in total. The molecule has 4 rings (SSSR count). The summed E-state index contributed by atoms with van der Waals surface area (Å²) < 4.78 is 0. The Kier molecular flexibility index (Phi) is 5.03. The second kappa shape index (κ2) is 7.64. The Morgan fingerprint density at radius 3 is 2.21 bits per heavy atom. The first kappa shape index (κ1) is 19.1. The van der Waals surface area contributed by atoms with Crippen LogP contribution in [-0.4, -0.2) is 23.3 Å². The van der Waals surface area contributed by atoms with Gasteiger partial charge in [0.1, 0.15) is 0 Å². The summed E-state index contributed by atoms with van der Waals surface area (Å²) in [6.07, 6.45) is 0.665. The minimum Gasteiger partial charge on any atom is -0.375 e. The lowest BCUT2D eigenvalue weighted by molar-refractivity contribution is -0.139. The van der Waals surface area contributed by atoms with Crippen molar-refractivity contribution in [3.8, 4) is 0 Å². The largest absolute Gasteiger partial charge is 0.375 e. The molecule has 3 aromatic carbocycles. The number of amides is 1. The van der Waals surface area contributed by atoms with E-state index in [1.807, 2.05) is 48.5 Å². The van der Waals surface area contributed by atoms with Crippen LogP contribution in [0.1, 0.15) is 28.4 Å². The number of hydrogen-bond donors (Lipinski definition) is 1. The molecule has 146 valence electrons. The van der Waals surface area contributed by atoms with E-state index in [1.54, 1.807) is 48.2 Å². The molecule has 0 aromatic heterocycles. The van der Waals surface area contributed by atoms with Crippen molar-refractivity contribution < 1.29 is 14.7 Å². The predicted octanol–water partition coefficient (Wildman–Crippen LogP) is 3.98. The Labute approximate surface area is 170 Å². The average Bonchev–Trinajstić information content (AvgIpc) is 3.00. The Morgan fingerprint density at radius 2 is 1.52 bits per heavy atom. The third-order valence-electron chi connectivity index (χ3n) is 5.72. The second-order valence-electron chi connectivity index (χ2n) is 7.43. The molecule has 1 amide bonds. The van der Waals surface area contributed by atoms with Gasteiger partial charge in [-0.3, -0.25) is 9.59 Å². The summed E-state index contributed by atoms with van der Waals surface area (Å²) in [6, 6.07) is 25.9. The van der Waals surface area contributed by atoms with Gasteiger partial charge in [0.2, 0.25) is 0 Å². The van der Waals surface area contributed by atoms with Crippen molar-refractivity contribution in [3.63, 3.8) is 0 Å². The van der Waals surface area contributed by atoms with Crippen LogP contribution in [0.25, 0.3) is 0 Å². The zero-order valence-corrected chi connectivity index (χ0v) is 16.3. The van der Waals surface area contributed by atoms with Crippen LogP contribution in [0.2, 0.25) is 0 Å². The molecule has 0 aliphatic carbocycles. The zero-order valence-electron chi connectivity index (χ0n) is 16.3. The molecule has 0 bridgehead atoms. The van der Waals surface area contributed by atoms with Crippen LogP contribution in [0.4, 0.5) is 5.69 Å². The van der Waals surface area contributed by atoms with Crippen LogP contribution in [0.15, 0.2) is 84.9 Å². The lowest BCUT2D eigenvalue weighted by Crippen LogP contribution is -2.47. The fraction of sp³-hybridized carbons (Fsp3) is 0.200. The number of para-hydroxylation sites is 1. The van der Waals surface area contributed by atoms with E-state index in [9.17, 15) is 14.7 Å². The fourth-order valence-electron chi connectivity index (χ4n) is 4.03. The quantitative estimate of drug-likeness (QED) is 0.653. The molecule has 0 fully saturated rings. The van der Waals surface area contributed by atoms with Gasteiger partial charge >= 0.3 is 0 Å². The number of hydrogen-bond acceptors (Lipinski definition) is 3. The van der Waals surface area contributed by atoms with Crippen molar-refractivity contribution in [2.24, 2.45) is 5.92 Å². The molecule has 0 unspecified atom stereocenters. The summed E-state index contributed by atoms with van der Waals surface area (Å²) in [6.45, 7) is 2.07. The maximum absolute atomic E-state index is 13.4. The summed E-state index contributed by atoms with van der Waals surface area (Å²) in [7, 11) is 0. The SMILES string of the molecule is C[C@@H](C(=O)c1ccccc1)[C@@]1(O)C(=O)N(CCc2ccccc2)c2ccccc21. The van der Waals surface area contributed by atoms with E-state index in [1.165, 1.54) is 0 Å². The lowest BCUT2D eigenvalue weighted by Gasteiger charge is -2.28. The summed E-state index contributed by atoms with van der Waals surface area (Å²) in [5, 5.41) is 11.6. The van der Waals surface area contributed by atoms with E-state index < -0.39 is 17.4 Å². The smallest absolute Gasteiger partial charge is 0.264 e. The normalized spacial score (nSPS) is 19.1. The highest BCUT2D eigenvalue weighted by Gasteiger charge is 2.55. The Bertz CT molecular complexity index is 1030. The van der Waals surface area contributed by atoms with Gasteiger partial charge < -0.3 is 10.0 Å². The maximum Gasteiger partial charge on any atom is 0.264 e. The van der Waals surface area contributed by atoms with Crippen LogP contribution >= 0.6 is 0 Å². The number of carbonyl (C=O) groups excluding carboxylic acids is 2. The maximum atomic E-state index is 13.4. The fourth-order valence-corrected chi connectivity index (χ4v) is 4.03.